The maximum atomic E-state index is 13.5. The van der Waals surface area contributed by atoms with E-state index in [1.165, 1.54) is 12.1 Å². The SMILES string of the molecule is OC(C=Cc1ccccc1F)(c1cccc(C(F)(F)F)c1)C(F)(F)F. The first-order valence-corrected chi connectivity index (χ1v) is 6.86. The van der Waals surface area contributed by atoms with Gasteiger partial charge in [0, 0.05) is 5.56 Å². The quantitative estimate of drug-likeness (QED) is 0.732. The van der Waals surface area contributed by atoms with Crippen LogP contribution >= 0.6 is 0 Å². The van der Waals surface area contributed by atoms with Crippen molar-refractivity contribution in [3.8, 4) is 0 Å². The fraction of sp³-hybridized carbons (Fsp3) is 0.176. The van der Waals surface area contributed by atoms with Crippen LogP contribution in [-0.4, -0.2) is 11.3 Å². The molecule has 0 fully saturated rings. The second-order valence-electron chi connectivity index (χ2n) is 5.20. The number of aliphatic hydroxyl groups is 1. The second-order valence-corrected chi connectivity index (χ2v) is 5.20. The Balaban J connectivity index is 2.55. The van der Waals surface area contributed by atoms with Crippen molar-refractivity contribution in [2.75, 3.05) is 0 Å². The van der Waals surface area contributed by atoms with E-state index < -0.39 is 34.9 Å². The highest BCUT2D eigenvalue weighted by atomic mass is 19.4. The molecule has 0 aliphatic rings. The van der Waals surface area contributed by atoms with Crippen molar-refractivity contribution in [3.63, 3.8) is 0 Å². The van der Waals surface area contributed by atoms with E-state index in [0.717, 1.165) is 18.2 Å². The van der Waals surface area contributed by atoms with E-state index in [9.17, 15) is 35.8 Å². The summed E-state index contributed by atoms with van der Waals surface area (Å²) in [6.07, 6.45) is -9.30. The van der Waals surface area contributed by atoms with Crippen LogP contribution in [0.5, 0.6) is 0 Å². The maximum Gasteiger partial charge on any atom is 0.425 e. The molecule has 0 heterocycles. The number of benzene rings is 2. The first-order valence-electron chi connectivity index (χ1n) is 6.86. The minimum atomic E-state index is -5.32. The van der Waals surface area contributed by atoms with Gasteiger partial charge in [-0.25, -0.2) is 4.39 Å². The molecule has 134 valence electrons. The van der Waals surface area contributed by atoms with Crippen LogP contribution in [0.1, 0.15) is 16.7 Å². The third-order valence-electron chi connectivity index (χ3n) is 3.47. The molecule has 25 heavy (non-hydrogen) atoms. The summed E-state index contributed by atoms with van der Waals surface area (Å²) in [5, 5.41) is 10.1. The van der Waals surface area contributed by atoms with Gasteiger partial charge in [-0.3, -0.25) is 0 Å². The summed E-state index contributed by atoms with van der Waals surface area (Å²) in [6, 6.07) is 7.10. The van der Waals surface area contributed by atoms with E-state index in [2.05, 4.69) is 0 Å². The van der Waals surface area contributed by atoms with Crippen LogP contribution in [0.25, 0.3) is 6.08 Å². The molecule has 1 N–H and O–H groups in total. The van der Waals surface area contributed by atoms with Crippen LogP contribution in [0.3, 0.4) is 0 Å². The lowest BCUT2D eigenvalue weighted by atomic mass is 9.90. The predicted molar refractivity (Wildman–Crippen MR) is 76.8 cm³/mol. The summed E-state index contributed by atoms with van der Waals surface area (Å²) in [5.41, 5.74) is -6.33. The number of hydrogen-bond donors (Lipinski definition) is 1. The first-order chi connectivity index (χ1) is 11.4. The van der Waals surface area contributed by atoms with Crippen molar-refractivity contribution >= 4 is 6.08 Å². The van der Waals surface area contributed by atoms with Gasteiger partial charge in [0.05, 0.1) is 5.56 Å². The number of rotatable bonds is 3. The summed E-state index contributed by atoms with van der Waals surface area (Å²) in [7, 11) is 0. The molecular weight excluding hydrogens is 353 g/mol. The summed E-state index contributed by atoms with van der Waals surface area (Å²) in [5.74, 6) is -0.840. The molecule has 1 unspecified atom stereocenters. The molecule has 0 aliphatic heterocycles. The zero-order chi connectivity index (χ0) is 18.9. The van der Waals surface area contributed by atoms with E-state index in [0.29, 0.717) is 18.2 Å². The number of halogens is 7. The molecule has 0 spiro atoms. The lowest BCUT2D eigenvalue weighted by Gasteiger charge is -2.28. The van der Waals surface area contributed by atoms with Crippen molar-refractivity contribution < 1.29 is 35.8 Å². The molecule has 2 aromatic rings. The lowest BCUT2D eigenvalue weighted by Crippen LogP contribution is -2.40. The highest BCUT2D eigenvalue weighted by molar-refractivity contribution is 5.53. The van der Waals surface area contributed by atoms with Crippen LogP contribution in [-0.2, 0) is 11.8 Å². The van der Waals surface area contributed by atoms with Gasteiger partial charge >= 0.3 is 12.4 Å². The standard InChI is InChI=1S/C17H11F7O/c18-14-7-2-1-4-11(14)8-9-15(25,17(22,23)24)12-5-3-6-13(10-12)16(19,20)21/h1-10,25H. The number of hydrogen-bond acceptors (Lipinski definition) is 1. The molecule has 0 radical (unpaired) electrons. The Morgan fingerprint density at radius 2 is 1.40 bits per heavy atom. The van der Waals surface area contributed by atoms with Gasteiger partial charge in [0.15, 0.2) is 0 Å². The van der Waals surface area contributed by atoms with Crippen molar-refractivity contribution in [1.29, 1.82) is 0 Å². The van der Waals surface area contributed by atoms with E-state index in [1.807, 2.05) is 0 Å². The Bertz CT molecular complexity index is 777. The fourth-order valence-electron chi connectivity index (χ4n) is 2.11. The molecular formula is C17H11F7O. The van der Waals surface area contributed by atoms with Crippen molar-refractivity contribution in [3.05, 3.63) is 77.1 Å². The number of alkyl halides is 6. The van der Waals surface area contributed by atoms with E-state index in [4.69, 9.17) is 0 Å². The van der Waals surface area contributed by atoms with Crippen LogP contribution in [0.4, 0.5) is 30.7 Å². The third kappa shape index (κ3) is 4.01. The van der Waals surface area contributed by atoms with Gasteiger partial charge in [0.25, 0.3) is 0 Å². The zero-order valence-electron chi connectivity index (χ0n) is 12.4. The molecule has 0 bridgehead atoms. The van der Waals surface area contributed by atoms with Gasteiger partial charge < -0.3 is 5.11 Å². The van der Waals surface area contributed by atoms with Gasteiger partial charge in [-0.2, -0.15) is 26.3 Å². The maximum absolute atomic E-state index is 13.5. The minimum Gasteiger partial charge on any atom is -0.373 e. The topological polar surface area (TPSA) is 20.2 Å². The summed E-state index contributed by atoms with van der Waals surface area (Å²) in [6.45, 7) is 0. The van der Waals surface area contributed by atoms with E-state index >= 15 is 0 Å². The Morgan fingerprint density at radius 1 is 0.800 bits per heavy atom. The van der Waals surface area contributed by atoms with Gasteiger partial charge in [0.1, 0.15) is 5.82 Å². The van der Waals surface area contributed by atoms with Gasteiger partial charge in [0.2, 0.25) is 5.60 Å². The molecule has 2 aromatic carbocycles. The lowest BCUT2D eigenvalue weighted by molar-refractivity contribution is -0.245. The molecule has 1 nitrogen and oxygen atoms in total. The molecule has 2 rings (SSSR count). The fourth-order valence-corrected chi connectivity index (χ4v) is 2.11. The third-order valence-corrected chi connectivity index (χ3v) is 3.47. The summed E-state index contributed by atoms with van der Waals surface area (Å²) < 4.78 is 91.7. The smallest absolute Gasteiger partial charge is 0.373 e. The van der Waals surface area contributed by atoms with Crippen molar-refractivity contribution in [2.45, 2.75) is 18.0 Å². The monoisotopic (exact) mass is 364 g/mol. The van der Waals surface area contributed by atoms with Gasteiger partial charge in [-0.05, 0) is 29.8 Å². The van der Waals surface area contributed by atoms with Crippen molar-refractivity contribution in [2.24, 2.45) is 0 Å². The average Bonchev–Trinajstić information content (AvgIpc) is 2.52. The molecule has 0 aliphatic carbocycles. The first kappa shape index (κ1) is 19.0. The molecule has 0 aromatic heterocycles. The van der Waals surface area contributed by atoms with Crippen LogP contribution in [0.2, 0.25) is 0 Å². The molecule has 0 saturated carbocycles. The van der Waals surface area contributed by atoms with E-state index in [-0.39, 0.29) is 17.7 Å². The largest absolute Gasteiger partial charge is 0.425 e. The predicted octanol–water partition coefficient (Wildman–Crippen LogP) is 5.31. The molecule has 8 heteroatoms. The minimum absolute atomic E-state index is 0.208. The van der Waals surface area contributed by atoms with E-state index in [1.54, 1.807) is 0 Å². The second kappa shape index (κ2) is 6.51. The van der Waals surface area contributed by atoms with Gasteiger partial charge in [-0.1, -0.05) is 36.4 Å². The highest BCUT2D eigenvalue weighted by Gasteiger charge is 2.53. The van der Waals surface area contributed by atoms with Crippen molar-refractivity contribution in [1.82, 2.24) is 0 Å². The molecule has 0 amide bonds. The zero-order valence-corrected chi connectivity index (χ0v) is 12.4. The molecule has 0 saturated heterocycles. The van der Waals surface area contributed by atoms with Crippen LogP contribution in [0, 0.1) is 5.82 Å². The summed E-state index contributed by atoms with van der Waals surface area (Å²) >= 11 is 0. The Morgan fingerprint density at radius 3 is 1.96 bits per heavy atom. The summed E-state index contributed by atoms with van der Waals surface area (Å²) in [4.78, 5) is 0. The Kier molecular flexibility index (Phi) is 4.94. The van der Waals surface area contributed by atoms with Gasteiger partial charge in [-0.15, -0.1) is 0 Å². The Hall–Kier alpha value is -2.35. The molecule has 1 atom stereocenters. The normalized spacial score (nSPS) is 15.4. The Labute approximate surface area is 138 Å². The average molecular weight is 364 g/mol. The van der Waals surface area contributed by atoms with Crippen LogP contribution in [0.15, 0.2) is 54.6 Å². The highest BCUT2D eigenvalue weighted by Crippen LogP contribution is 2.42. The van der Waals surface area contributed by atoms with Crippen LogP contribution < -0.4 is 0 Å².